The Bertz CT molecular complexity index is 912. The van der Waals surface area contributed by atoms with E-state index in [4.69, 9.17) is 4.74 Å². The maximum absolute atomic E-state index is 12.0. The van der Waals surface area contributed by atoms with Gasteiger partial charge in [-0.25, -0.2) is 0 Å². The highest BCUT2D eigenvalue weighted by Gasteiger charge is 2.42. The number of aryl methyl sites for hydroxylation is 1. The van der Waals surface area contributed by atoms with Crippen molar-refractivity contribution in [1.82, 2.24) is 4.90 Å². The van der Waals surface area contributed by atoms with Crippen molar-refractivity contribution in [3.8, 4) is 0 Å². The summed E-state index contributed by atoms with van der Waals surface area (Å²) in [7, 11) is 0. The van der Waals surface area contributed by atoms with Gasteiger partial charge in [0.25, 0.3) is 0 Å². The van der Waals surface area contributed by atoms with Gasteiger partial charge in [-0.05, 0) is 29.2 Å². The van der Waals surface area contributed by atoms with Gasteiger partial charge < -0.3 is 9.84 Å². The molecule has 0 bridgehead atoms. The minimum Gasteiger partial charge on any atom is -0.382 e. The van der Waals surface area contributed by atoms with Crippen molar-refractivity contribution in [1.29, 1.82) is 0 Å². The summed E-state index contributed by atoms with van der Waals surface area (Å²) in [5.41, 5.74) is 3.47. The molecule has 0 unspecified atom stereocenters. The van der Waals surface area contributed by atoms with Crippen molar-refractivity contribution in [2.75, 3.05) is 19.7 Å². The van der Waals surface area contributed by atoms with Crippen LogP contribution in [0.5, 0.6) is 0 Å². The Morgan fingerprint density at radius 2 is 1.59 bits per heavy atom. The van der Waals surface area contributed by atoms with Crippen molar-refractivity contribution in [3.63, 3.8) is 0 Å². The van der Waals surface area contributed by atoms with E-state index in [1.54, 1.807) is 0 Å². The molecule has 2 atom stereocenters. The van der Waals surface area contributed by atoms with Gasteiger partial charge in [0.1, 0.15) is 11.7 Å². The van der Waals surface area contributed by atoms with Crippen molar-refractivity contribution in [3.05, 3.63) is 107 Å². The number of rotatable bonds is 6. The average Bonchev–Trinajstić information content (AvgIpc) is 2.77. The molecule has 0 aromatic heterocycles. The summed E-state index contributed by atoms with van der Waals surface area (Å²) in [6.07, 6.45) is 0.245. The smallest absolute Gasteiger partial charge is 0.121 e. The number of nitrogens with zero attached hydrogens (tertiary/aromatic N) is 1. The second-order valence-corrected chi connectivity index (χ2v) is 7.97. The summed E-state index contributed by atoms with van der Waals surface area (Å²) in [5, 5.41) is 12.0. The molecular formula is C26H29NO2. The molecule has 1 saturated heterocycles. The Morgan fingerprint density at radius 1 is 0.931 bits per heavy atom. The molecule has 1 N–H and O–H groups in total. The van der Waals surface area contributed by atoms with Gasteiger partial charge >= 0.3 is 0 Å². The van der Waals surface area contributed by atoms with E-state index in [1.807, 2.05) is 48.5 Å². The van der Waals surface area contributed by atoms with E-state index < -0.39 is 5.60 Å². The van der Waals surface area contributed by atoms with Crippen LogP contribution in [0.15, 0.2) is 84.9 Å². The van der Waals surface area contributed by atoms with E-state index in [0.717, 1.165) is 24.2 Å². The van der Waals surface area contributed by atoms with Gasteiger partial charge in [-0.3, -0.25) is 4.90 Å². The van der Waals surface area contributed by atoms with Crippen LogP contribution in [0.3, 0.4) is 0 Å². The van der Waals surface area contributed by atoms with Crippen LogP contribution in [-0.4, -0.2) is 35.8 Å². The topological polar surface area (TPSA) is 32.7 Å². The summed E-state index contributed by atoms with van der Waals surface area (Å²) in [5.74, 6) is 0. The van der Waals surface area contributed by atoms with Crippen molar-refractivity contribution < 1.29 is 9.84 Å². The molecule has 3 aromatic rings. The van der Waals surface area contributed by atoms with Gasteiger partial charge in [0, 0.05) is 26.1 Å². The Kier molecular flexibility index (Phi) is 6.10. The monoisotopic (exact) mass is 387 g/mol. The van der Waals surface area contributed by atoms with Crippen LogP contribution < -0.4 is 0 Å². The summed E-state index contributed by atoms with van der Waals surface area (Å²) in [6, 6.07) is 28.8. The predicted octanol–water partition coefficient (Wildman–Crippen LogP) is 4.33. The first kappa shape index (κ1) is 19.8. The van der Waals surface area contributed by atoms with Crippen LogP contribution in [-0.2, 0) is 23.3 Å². The fourth-order valence-electron chi connectivity index (χ4n) is 4.20. The summed E-state index contributed by atoms with van der Waals surface area (Å²) in [4.78, 5) is 2.38. The molecule has 1 heterocycles. The summed E-state index contributed by atoms with van der Waals surface area (Å²) in [6.45, 7) is 5.17. The van der Waals surface area contributed by atoms with E-state index in [0.29, 0.717) is 19.6 Å². The third kappa shape index (κ3) is 4.59. The lowest BCUT2D eigenvalue weighted by molar-refractivity contribution is -0.149. The van der Waals surface area contributed by atoms with Crippen LogP contribution >= 0.6 is 0 Å². The highest BCUT2D eigenvalue weighted by molar-refractivity contribution is 5.32. The van der Waals surface area contributed by atoms with Gasteiger partial charge in [-0.2, -0.15) is 0 Å². The lowest BCUT2D eigenvalue weighted by Gasteiger charge is -2.42. The third-order valence-electron chi connectivity index (χ3n) is 5.93. The standard InChI is InChI=1S/C26H29NO2/c1-21-10-8-9-13-23(21)18-26(28,24-14-6-3-7-15-24)25-20-27(16-17-29-25)19-22-11-4-2-5-12-22/h2-15,25,28H,16-20H2,1H3/t25-,26+/m0/s1. The molecule has 0 spiro atoms. The molecule has 3 nitrogen and oxygen atoms in total. The number of hydrogen-bond acceptors (Lipinski definition) is 3. The Balaban J connectivity index is 1.61. The second-order valence-electron chi connectivity index (χ2n) is 7.97. The average molecular weight is 388 g/mol. The van der Waals surface area contributed by atoms with E-state index in [9.17, 15) is 5.11 Å². The maximum Gasteiger partial charge on any atom is 0.121 e. The lowest BCUT2D eigenvalue weighted by atomic mass is 9.81. The molecule has 3 heteroatoms. The van der Waals surface area contributed by atoms with Crippen LogP contribution in [0.25, 0.3) is 0 Å². The molecule has 150 valence electrons. The van der Waals surface area contributed by atoms with Crippen LogP contribution in [0.1, 0.15) is 22.3 Å². The van der Waals surface area contributed by atoms with Crippen LogP contribution in [0, 0.1) is 6.92 Å². The molecule has 0 saturated carbocycles. The zero-order valence-corrected chi connectivity index (χ0v) is 17.0. The molecule has 1 aliphatic heterocycles. The summed E-state index contributed by atoms with van der Waals surface area (Å²) >= 11 is 0. The van der Waals surface area contributed by atoms with Crippen molar-refractivity contribution in [2.24, 2.45) is 0 Å². The molecule has 1 aliphatic rings. The lowest BCUT2D eigenvalue weighted by Crippen LogP contribution is -2.53. The highest BCUT2D eigenvalue weighted by Crippen LogP contribution is 2.34. The fourth-order valence-corrected chi connectivity index (χ4v) is 4.20. The van der Waals surface area contributed by atoms with Gasteiger partial charge in [-0.1, -0.05) is 84.9 Å². The van der Waals surface area contributed by atoms with Gasteiger partial charge in [0.05, 0.1) is 6.61 Å². The fraction of sp³-hybridized carbons (Fsp3) is 0.308. The molecule has 1 fully saturated rings. The summed E-state index contributed by atoms with van der Waals surface area (Å²) < 4.78 is 6.19. The number of morpholine rings is 1. The SMILES string of the molecule is Cc1ccccc1C[C@@](O)(c1ccccc1)[C@@H]1CN(Cc2ccccc2)CCO1. The first-order valence-electron chi connectivity index (χ1n) is 10.4. The Labute approximate surface area is 173 Å². The molecule has 0 aliphatic carbocycles. The molecular weight excluding hydrogens is 358 g/mol. The highest BCUT2D eigenvalue weighted by atomic mass is 16.5. The Morgan fingerprint density at radius 3 is 2.31 bits per heavy atom. The van der Waals surface area contributed by atoms with Crippen molar-refractivity contribution >= 4 is 0 Å². The normalized spacial score (nSPS) is 19.6. The molecule has 4 rings (SSSR count). The van der Waals surface area contributed by atoms with Crippen LogP contribution in [0.4, 0.5) is 0 Å². The minimum absolute atomic E-state index is 0.290. The predicted molar refractivity (Wildman–Crippen MR) is 117 cm³/mol. The number of aliphatic hydroxyl groups is 1. The zero-order valence-electron chi connectivity index (χ0n) is 17.0. The zero-order chi connectivity index (χ0) is 20.1. The van der Waals surface area contributed by atoms with Crippen LogP contribution in [0.2, 0.25) is 0 Å². The van der Waals surface area contributed by atoms with E-state index in [1.165, 1.54) is 11.1 Å². The maximum atomic E-state index is 12.0. The first-order valence-corrected chi connectivity index (χ1v) is 10.4. The first-order chi connectivity index (χ1) is 14.1. The van der Waals surface area contributed by atoms with Gasteiger partial charge in [0.15, 0.2) is 0 Å². The quantitative estimate of drug-likeness (QED) is 0.683. The van der Waals surface area contributed by atoms with E-state index in [-0.39, 0.29) is 6.10 Å². The molecule has 3 aromatic carbocycles. The minimum atomic E-state index is -1.08. The van der Waals surface area contributed by atoms with E-state index >= 15 is 0 Å². The number of hydrogen-bond donors (Lipinski definition) is 1. The molecule has 0 radical (unpaired) electrons. The van der Waals surface area contributed by atoms with Crippen molar-refractivity contribution in [2.45, 2.75) is 31.6 Å². The molecule has 29 heavy (non-hydrogen) atoms. The van der Waals surface area contributed by atoms with Gasteiger partial charge in [-0.15, -0.1) is 0 Å². The van der Waals surface area contributed by atoms with E-state index in [2.05, 4.69) is 48.2 Å². The van der Waals surface area contributed by atoms with Gasteiger partial charge in [0.2, 0.25) is 0 Å². The molecule has 0 amide bonds. The number of benzene rings is 3. The Hall–Kier alpha value is -2.46. The number of ether oxygens (including phenoxy) is 1. The largest absolute Gasteiger partial charge is 0.382 e. The second kappa shape index (κ2) is 8.91. The third-order valence-corrected chi connectivity index (χ3v) is 5.93.